The highest BCUT2D eigenvalue weighted by Gasteiger charge is 2.18. The molecular weight excluding hydrogens is 597 g/mol. The third-order valence-electron chi connectivity index (χ3n) is 8.59. The lowest BCUT2D eigenvalue weighted by atomic mass is 9.94. The maximum atomic E-state index is 9.07. The predicted molar refractivity (Wildman–Crippen MR) is 201 cm³/mol. The molecule has 49 heavy (non-hydrogen) atoms. The van der Waals surface area contributed by atoms with Gasteiger partial charge in [-0.25, -0.2) is 15.0 Å². The fourth-order valence-electron chi connectivity index (χ4n) is 6.32. The van der Waals surface area contributed by atoms with Gasteiger partial charge in [-0.15, -0.1) is 0 Å². The molecule has 0 N–H and O–H groups in total. The molecule has 0 aliphatic rings. The van der Waals surface area contributed by atoms with Crippen molar-refractivity contribution in [3.63, 3.8) is 0 Å². The van der Waals surface area contributed by atoms with Crippen molar-refractivity contribution in [1.82, 2.24) is 19.5 Å². The lowest BCUT2D eigenvalue weighted by Crippen LogP contribution is -2.01. The molecule has 2 aromatic heterocycles. The molecule has 0 saturated carbocycles. The van der Waals surface area contributed by atoms with E-state index in [0.29, 0.717) is 34.2 Å². The zero-order valence-corrected chi connectivity index (χ0v) is 26.1. The predicted octanol–water partition coefficient (Wildman–Crippen LogP) is 11.3. The minimum Gasteiger partial charge on any atom is -0.309 e. The Hall–Kier alpha value is -6.65. The van der Waals surface area contributed by atoms with Crippen LogP contribution in [0.3, 0.4) is 0 Å². The Labute approximate surface area is 293 Å². The summed E-state index contributed by atoms with van der Waals surface area (Å²) in [4.78, 5) is 14.9. The summed E-state index contributed by atoms with van der Waals surface area (Å²) in [6.45, 7) is 0. The summed E-state index contributed by atoms with van der Waals surface area (Å²) in [7, 11) is 0. The van der Waals surface area contributed by atoms with Gasteiger partial charge in [0.05, 0.1) is 19.3 Å². The molecule has 0 saturated heterocycles. The van der Waals surface area contributed by atoms with E-state index < -0.39 is 0 Å². The van der Waals surface area contributed by atoms with Crippen molar-refractivity contribution >= 4 is 21.8 Å². The van der Waals surface area contributed by atoms with Gasteiger partial charge >= 0.3 is 0 Å². The van der Waals surface area contributed by atoms with E-state index in [-0.39, 0.29) is 47.0 Å². The van der Waals surface area contributed by atoms with Crippen molar-refractivity contribution in [2.45, 2.75) is 0 Å². The van der Waals surface area contributed by atoms with Crippen LogP contribution in [0.25, 0.3) is 83.9 Å². The third-order valence-corrected chi connectivity index (χ3v) is 8.59. The molecule has 0 aliphatic heterocycles. The van der Waals surface area contributed by atoms with Gasteiger partial charge < -0.3 is 4.57 Å². The van der Waals surface area contributed by atoms with Gasteiger partial charge in [-0.2, -0.15) is 0 Å². The Bertz CT molecular complexity index is 2800. The molecule has 0 spiro atoms. The van der Waals surface area contributed by atoms with Crippen molar-refractivity contribution < 1.29 is 8.22 Å². The first-order valence-corrected chi connectivity index (χ1v) is 16.0. The summed E-state index contributed by atoms with van der Waals surface area (Å²) < 4.78 is 54.6. The van der Waals surface area contributed by atoms with Gasteiger partial charge in [0.1, 0.15) is 0 Å². The molecule has 2 heterocycles. The molecule has 0 bridgehead atoms. The first-order chi connectivity index (χ1) is 26.8. The quantitative estimate of drug-likeness (QED) is 0.183. The SMILES string of the molecule is [2H]c1cc([2H])c2c(c1[2H])c1c([2H])c([2H])cc([2H])c1n2-c1cc(-c2ccccc2)cc(-c2ccccc2-c2nc(-c3ccccc3)nc(-c3ccccc3)n2)c1. The van der Waals surface area contributed by atoms with Crippen LogP contribution < -0.4 is 0 Å². The highest BCUT2D eigenvalue weighted by molar-refractivity contribution is 6.09. The molecule has 0 amide bonds. The lowest BCUT2D eigenvalue weighted by Gasteiger charge is -2.16. The normalized spacial score (nSPS) is 13.0. The average molecular weight is 633 g/mol. The summed E-state index contributed by atoms with van der Waals surface area (Å²) >= 11 is 0. The van der Waals surface area contributed by atoms with E-state index in [1.54, 1.807) is 4.57 Å². The zero-order valence-electron chi connectivity index (χ0n) is 32.1. The van der Waals surface area contributed by atoms with Gasteiger partial charge in [-0.05, 0) is 52.5 Å². The number of benzene rings is 7. The van der Waals surface area contributed by atoms with Crippen LogP contribution in [-0.2, 0) is 0 Å². The second-order valence-electron chi connectivity index (χ2n) is 11.6. The van der Waals surface area contributed by atoms with Crippen molar-refractivity contribution in [3.05, 3.63) is 182 Å². The summed E-state index contributed by atoms with van der Waals surface area (Å²) in [6, 6.07) is 45.4. The van der Waals surface area contributed by atoms with Crippen molar-refractivity contribution in [2.24, 2.45) is 0 Å². The number of nitrogens with zero attached hydrogens (tertiary/aromatic N) is 4. The van der Waals surface area contributed by atoms with Gasteiger partial charge in [-0.1, -0.05) is 152 Å². The maximum absolute atomic E-state index is 9.07. The molecule has 230 valence electrons. The van der Waals surface area contributed by atoms with Crippen molar-refractivity contribution in [2.75, 3.05) is 0 Å². The van der Waals surface area contributed by atoms with E-state index in [2.05, 4.69) is 6.07 Å². The Balaban J connectivity index is 1.35. The smallest absolute Gasteiger partial charge is 0.164 e. The van der Waals surface area contributed by atoms with Gasteiger partial charge in [0, 0.05) is 33.2 Å². The molecule has 0 unspecified atom stereocenters. The number of para-hydroxylation sites is 2. The van der Waals surface area contributed by atoms with E-state index in [1.165, 1.54) is 12.1 Å². The van der Waals surface area contributed by atoms with Crippen LogP contribution in [-0.4, -0.2) is 19.5 Å². The van der Waals surface area contributed by atoms with E-state index in [0.717, 1.165) is 38.9 Å². The van der Waals surface area contributed by atoms with Crippen LogP contribution in [0.5, 0.6) is 0 Å². The van der Waals surface area contributed by atoms with Gasteiger partial charge in [0.15, 0.2) is 17.5 Å². The molecule has 4 nitrogen and oxygen atoms in total. The van der Waals surface area contributed by atoms with Crippen LogP contribution in [0.15, 0.2) is 182 Å². The topological polar surface area (TPSA) is 43.6 Å². The van der Waals surface area contributed by atoms with E-state index in [1.807, 2.05) is 127 Å². The largest absolute Gasteiger partial charge is 0.309 e. The van der Waals surface area contributed by atoms with Crippen molar-refractivity contribution in [3.8, 4) is 62.1 Å². The van der Waals surface area contributed by atoms with Crippen LogP contribution in [0.2, 0.25) is 0 Å². The zero-order chi connectivity index (χ0) is 37.8. The van der Waals surface area contributed by atoms with E-state index >= 15 is 0 Å². The Morgan fingerprint density at radius 3 is 1.43 bits per heavy atom. The molecule has 0 radical (unpaired) electrons. The van der Waals surface area contributed by atoms with Gasteiger partial charge in [0.2, 0.25) is 0 Å². The Kier molecular flexibility index (Phi) is 5.67. The molecule has 9 rings (SSSR count). The molecular formula is C45H30N4. The first-order valence-electron chi connectivity index (χ1n) is 19.0. The molecule has 0 atom stereocenters. The summed E-state index contributed by atoms with van der Waals surface area (Å²) in [5, 5.41) is 0.415. The van der Waals surface area contributed by atoms with Crippen LogP contribution >= 0.6 is 0 Å². The number of fused-ring (bicyclic) bond motifs is 3. The van der Waals surface area contributed by atoms with Crippen LogP contribution in [0, 0.1) is 0 Å². The molecule has 0 fully saturated rings. The minimum atomic E-state index is -0.160. The molecule has 4 heteroatoms. The average Bonchev–Trinajstić information content (AvgIpc) is 3.61. The first kappa shape index (κ1) is 22.8. The molecule has 0 aliphatic carbocycles. The highest BCUT2D eigenvalue weighted by Crippen LogP contribution is 2.38. The maximum Gasteiger partial charge on any atom is 0.164 e. The standard InChI is InChI=1S/C45H30N4/c1-4-16-31(17-5-1)34-28-35(30-36(29-34)49-41-26-14-12-23-38(41)39-24-13-15-27-42(39)49)37-22-10-11-25-40(37)45-47-43(32-18-6-2-7-19-32)46-44(48-45)33-20-8-3-9-21-33/h1-30H/i12D,13D,23D,24D,26D,27D. The molecule has 9 aromatic rings. The number of aromatic nitrogens is 4. The fourth-order valence-corrected chi connectivity index (χ4v) is 6.32. The van der Waals surface area contributed by atoms with E-state index in [4.69, 9.17) is 23.2 Å². The fraction of sp³-hybridized carbons (Fsp3) is 0. The number of hydrogen-bond donors (Lipinski definition) is 0. The second-order valence-corrected chi connectivity index (χ2v) is 11.6. The summed E-state index contributed by atoms with van der Waals surface area (Å²) in [5.74, 6) is 1.56. The monoisotopic (exact) mass is 632 g/mol. The minimum absolute atomic E-state index is 0.0170. The highest BCUT2D eigenvalue weighted by atomic mass is 15.0. The van der Waals surface area contributed by atoms with E-state index in [9.17, 15) is 0 Å². The third kappa shape index (κ3) is 5.26. The summed E-state index contributed by atoms with van der Waals surface area (Å²) in [6.07, 6.45) is 0. The lowest BCUT2D eigenvalue weighted by molar-refractivity contribution is 1.07. The number of hydrogen-bond acceptors (Lipinski definition) is 3. The van der Waals surface area contributed by atoms with Crippen molar-refractivity contribution in [1.29, 1.82) is 0 Å². The second kappa shape index (κ2) is 12.2. The summed E-state index contributed by atoms with van der Waals surface area (Å²) in [5.41, 5.74) is 7.07. The molecule has 7 aromatic carbocycles. The Morgan fingerprint density at radius 2 is 0.857 bits per heavy atom. The Morgan fingerprint density at radius 1 is 0.388 bits per heavy atom. The number of rotatable bonds is 6. The van der Waals surface area contributed by atoms with Gasteiger partial charge in [-0.3, -0.25) is 0 Å². The van der Waals surface area contributed by atoms with Crippen LogP contribution in [0.4, 0.5) is 0 Å². The van der Waals surface area contributed by atoms with Crippen LogP contribution in [0.1, 0.15) is 8.22 Å². The van der Waals surface area contributed by atoms with Gasteiger partial charge in [0.25, 0.3) is 0 Å².